The maximum Gasteiger partial charge on any atom is 0.387 e. The van der Waals surface area contributed by atoms with E-state index in [0.717, 1.165) is 16.9 Å². The first kappa shape index (κ1) is 18.1. The molecule has 3 aromatic carbocycles. The predicted octanol–water partition coefficient (Wildman–Crippen LogP) is 6.21. The number of ether oxygens (including phenoxy) is 2. The van der Waals surface area contributed by atoms with Crippen LogP contribution in [0, 0.1) is 5.82 Å². The van der Waals surface area contributed by atoms with Crippen LogP contribution in [0.4, 0.5) is 13.2 Å². The highest BCUT2D eigenvalue weighted by molar-refractivity contribution is 5.90. The molecule has 0 bridgehead atoms. The number of alkyl halides is 2. The number of halogens is 3. The highest BCUT2D eigenvalue weighted by Crippen LogP contribution is 2.34. The quantitative estimate of drug-likeness (QED) is 0.520. The van der Waals surface area contributed by atoms with Gasteiger partial charge in [0.2, 0.25) is 0 Å². The molecule has 2 nitrogen and oxygen atoms in total. The van der Waals surface area contributed by atoms with Crippen molar-refractivity contribution < 1.29 is 22.6 Å². The van der Waals surface area contributed by atoms with E-state index in [1.54, 1.807) is 19.2 Å². The zero-order chi connectivity index (χ0) is 18.7. The molecule has 0 unspecified atom stereocenters. The van der Waals surface area contributed by atoms with Gasteiger partial charge in [-0.2, -0.15) is 8.78 Å². The monoisotopic (exact) mass is 360 g/mol. The van der Waals surface area contributed by atoms with Crippen LogP contribution in [-0.4, -0.2) is 13.7 Å². The van der Waals surface area contributed by atoms with Crippen LogP contribution in [0.1, 0.15) is 18.9 Å². The van der Waals surface area contributed by atoms with Gasteiger partial charge < -0.3 is 9.47 Å². The molecule has 5 heteroatoms. The molecule has 0 fully saturated rings. The van der Waals surface area contributed by atoms with E-state index in [1.165, 1.54) is 6.07 Å². The highest BCUT2D eigenvalue weighted by Gasteiger charge is 2.17. The van der Waals surface area contributed by atoms with E-state index in [9.17, 15) is 13.2 Å². The summed E-state index contributed by atoms with van der Waals surface area (Å²) in [6.07, 6.45) is 0.968. The maximum absolute atomic E-state index is 14.9. The second-order valence-electron chi connectivity index (χ2n) is 5.96. The van der Waals surface area contributed by atoms with Crippen molar-refractivity contribution in [3.8, 4) is 22.6 Å². The minimum atomic E-state index is -2.99. The number of benzene rings is 3. The van der Waals surface area contributed by atoms with Crippen LogP contribution in [0.2, 0.25) is 0 Å². The summed E-state index contributed by atoms with van der Waals surface area (Å²) in [6.45, 7) is -1.13. The lowest BCUT2D eigenvalue weighted by Crippen LogP contribution is -2.06. The van der Waals surface area contributed by atoms with E-state index in [1.807, 2.05) is 37.3 Å². The molecule has 0 aliphatic rings. The topological polar surface area (TPSA) is 18.5 Å². The van der Waals surface area contributed by atoms with Gasteiger partial charge in [0.05, 0.1) is 7.11 Å². The van der Waals surface area contributed by atoms with Crippen molar-refractivity contribution in [3.05, 3.63) is 59.9 Å². The smallest absolute Gasteiger partial charge is 0.387 e. The number of hydrogen-bond acceptors (Lipinski definition) is 2. The Morgan fingerprint density at radius 2 is 1.65 bits per heavy atom. The van der Waals surface area contributed by atoms with E-state index in [4.69, 9.17) is 4.74 Å². The van der Waals surface area contributed by atoms with Crippen molar-refractivity contribution in [2.24, 2.45) is 0 Å². The van der Waals surface area contributed by atoms with Gasteiger partial charge in [0.25, 0.3) is 0 Å². The highest BCUT2D eigenvalue weighted by atomic mass is 19.3. The van der Waals surface area contributed by atoms with Crippen LogP contribution in [0.15, 0.2) is 48.5 Å². The number of methoxy groups -OCH3 is 1. The first-order valence-corrected chi connectivity index (χ1v) is 8.38. The summed E-state index contributed by atoms with van der Waals surface area (Å²) >= 11 is 0. The van der Waals surface area contributed by atoms with E-state index >= 15 is 0 Å². The summed E-state index contributed by atoms with van der Waals surface area (Å²) in [5.74, 6) is 0.137. The van der Waals surface area contributed by atoms with E-state index in [2.05, 4.69) is 4.74 Å². The normalized spacial score (nSPS) is 11.2. The van der Waals surface area contributed by atoms with E-state index in [-0.39, 0.29) is 11.3 Å². The third kappa shape index (κ3) is 3.62. The average Bonchev–Trinajstić information content (AvgIpc) is 2.64. The number of fused-ring (bicyclic) bond motifs is 1. The molecule has 0 amide bonds. The second-order valence-corrected chi connectivity index (χ2v) is 5.96. The van der Waals surface area contributed by atoms with Crippen molar-refractivity contribution >= 4 is 10.8 Å². The van der Waals surface area contributed by atoms with Crippen LogP contribution >= 0.6 is 0 Å². The Balaban J connectivity index is 2.11. The third-order valence-corrected chi connectivity index (χ3v) is 4.28. The van der Waals surface area contributed by atoms with E-state index < -0.39 is 12.4 Å². The summed E-state index contributed by atoms with van der Waals surface area (Å²) in [5.41, 5.74) is 1.96. The SMILES string of the molecule is CCCc1c(OC(F)F)cc2cc(-c3ccc(OC)cc3)ccc2c1F. The molecule has 3 aromatic rings. The van der Waals surface area contributed by atoms with Crippen molar-refractivity contribution in [1.82, 2.24) is 0 Å². The lowest BCUT2D eigenvalue weighted by molar-refractivity contribution is -0.0505. The molecule has 0 aromatic heterocycles. The predicted molar refractivity (Wildman–Crippen MR) is 96.5 cm³/mol. The molecule has 0 aliphatic carbocycles. The first-order valence-electron chi connectivity index (χ1n) is 8.38. The number of hydrogen-bond donors (Lipinski definition) is 0. The molecule has 0 radical (unpaired) electrons. The molecule has 0 aliphatic heterocycles. The van der Waals surface area contributed by atoms with Crippen LogP contribution in [-0.2, 0) is 6.42 Å². The Hall–Kier alpha value is -2.69. The maximum atomic E-state index is 14.9. The molecular weight excluding hydrogens is 341 g/mol. The van der Waals surface area contributed by atoms with Gasteiger partial charge in [-0.3, -0.25) is 0 Å². The summed E-state index contributed by atoms with van der Waals surface area (Å²) in [5, 5.41) is 0.915. The van der Waals surface area contributed by atoms with Gasteiger partial charge in [-0.25, -0.2) is 4.39 Å². The largest absolute Gasteiger partial charge is 0.497 e. The van der Waals surface area contributed by atoms with Gasteiger partial charge >= 0.3 is 6.61 Å². The molecule has 3 rings (SSSR count). The average molecular weight is 360 g/mol. The van der Waals surface area contributed by atoms with Crippen LogP contribution in [0.25, 0.3) is 21.9 Å². The summed E-state index contributed by atoms with van der Waals surface area (Å²) in [4.78, 5) is 0. The van der Waals surface area contributed by atoms with E-state index in [0.29, 0.717) is 23.6 Å². The van der Waals surface area contributed by atoms with Gasteiger partial charge in [0.1, 0.15) is 17.3 Å². The lowest BCUT2D eigenvalue weighted by atomic mass is 9.97. The molecule has 26 heavy (non-hydrogen) atoms. The fourth-order valence-corrected chi connectivity index (χ4v) is 3.03. The fraction of sp³-hybridized carbons (Fsp3) is 0.238. The first-order chi connectivity index (χ1) is 12.5. The van der Waals surface area contributed by atoms with Crippen molar-refractivity contribution in [2.75, 3.05) is 7.11 Å². The van der Waals surface area contributed by atoms with Crippen LogP contribution < -0.4 is 9.47 Å². The van der Waals surface area contributed by atoms with Gasteiger partial charge in [-0.15, -0.1) is 0 Å². The summed E-state index contributed by atoms with van der Waals surface area (Å²) in [6, 6.07) is 14.2. The minimum absolute atomic E-state index is 0.0984. The van der Waals surface area contributed by atoms with Crippen LogP contribution in [0.3, 0.4) is 0 Å². The van der Waals surface area contributed by atoms with Crippen molar-refractivity contribution in [2.45, 2.75) is 26.4 Å². The summed E-state index contributed by atoms with van der Waals surface area (Å²) in [7, 11) is 1.59. The van der Waals surface area contributed by atoms with Gasteiger partial charge in [0.15, 0.2) is 0 Å². The van der Waals surface area contributed by atoms with Gasteiger partial charge in [0, 0.05) is 10.9 Å². The fourth-order valence-electron chi connectivity index (χ4n) is 3.03. The Labute approximate surface area is 150 Å². The zero-order valence-electron chi connectivity index (χ0n) is 14.6. The molecule has 0 saturated heterocycles. The second kappa shape index (κ2) is 7.68. The molecule has 0 saturated carbocycles. The standard InChI is InChI=1S/C21H19F3O2/c1-3-4-18-19(26-21(23)24)12-15-11-14(7-10-17(15)20(18)22)13-5-8-16(25-2)9-6-13/h5-12,21H,3-4H2,1-2H3. The molecule has 0 atom stereocenters. The lowest BCUT2D eigenvalue weighted by Gasteiger charge is -2.14. The van der Waals surface area contributed by atoms with Crippen molar-refractivity contribution in [1.29, 1.82) is 0 Å². The molecule has 0 N–H and O–H groups in total. The number of rotatable bonds is 6. The Bertz CT molecular complexity index is 905. The molecule has 0 spiro atoms. The molecular formula is C21H19F3O2. The Kier molecular flexibility index (Phi) is 5.35. The Morgan fingerprint density at radius 3 is 2.27 bits per heavy atom. The van der Waals surface area contributed by atoms with Gasteiger partial charge in [-0.1, -0.05) is 37.6 Å². The summed E-state index contributed by atoms with van der Waals surface area (Å²) < 4.78 is 50.0. The van der Waals surface area contributed by atoms with Crippen LogP contribution in [0.5, 0.6) is 11.5 Å². The molecule has 0 heterocycles. The Morgan fingerprint density at radius 1 is 0.962 bits per heavy atom. The zero-order valence-corrected chi connectivity index (χ0v) is 14.6. The van der Waals surface area contributed by atoms with Crippen molar-refractivity contribution in [3.63, 3.8) is 0 Å². The third-order valence-electron chi connectivity index (χ3n) is 4.28. The minimum Gasteiger partial charge on any atom is -0.497 e. The van der Waals surface area contributed by atoms with Gasteiger partial charge in [-0.05, 0) is 47.2 Å². The molecule has 136 valence electrons.